The van der Waals surface area contributed by atoms with E-state index >= 15 is 0 Å². The molecular formula is C12H10N2O2S. The van der Waals surface area contributed by atoms with Gasteiger partial charge in [0.2, 0.25) is 5.89 Å². The predicted molar refractivity (Wildman–Crippen MR) is 67.5 cm³/mol. The summed E-state index contributed by atoms with van der Waals surface area (Å²) in [4.78, 5) is 8.56. The number of aromatic hydroxyl groups is 1. The smallest absolute Gasteiger partial charge is 0.313 e. The van der Waals surface area contributed by atoms with Gasteiger partial charge in [-0.3, -0.25) is 4.99 Å². The molecule has 0 spiro atoms. The molecule has 0 aliphatic carbocycles. The summed E-state index contributed by atoms with van der Waals surface area (Å²) >= 11 is 1.59. The van der Waals surface area contributed by atoms with Crippen molar-refractivity contribution in [2.75, 3.05) is 12.3 Å². The fourth-order valence-corrected chi connectivity index (χ4v) is 2.46. The van der Waals surface area contributed by atoms with E-state index in [0.717, 1.165) is 22.9 Å². The molecule has 2 aromatic rings. The zero-order chi connectivity index (χ0) is 11.7. The van der Waals surface area contributed by atoms with Crippen molar-refractivity contribution in [2.24, 2.45) is 4.99 Å². The zero-order valence-corrected chi connectivity index (χ0v) is 9.78. The Balaban J connectivity index is 2.01. The number of benzene rings is 1. The van der Waals surface area contributed by atoms with Gasteiger partial charge in [-0.1, -0.05) is 18.2 Å². The lowest BCUT2D eigenvalue weighted by Crippen LogP contribution is -1.92. The second kappa shape index (κ2) is 4.25. The standard InChI is InChI=1S/C12H10N2O2S/c15-12-9(11-13-6-7-17-11)14-10(16-12)8-4-2-1-3-5-8/h1-5,15H,6-7H2. The first-order valence-electron chi connectivity index (χ1n) is 5.27. The lowest BCUT2D eigenvalue weighted by atomic mass is 10.2. The molecule has 1 aliphatic rings. The molecule has 3 rings (SSSR count). The summed E-state index contributed by atoms with van der Waals surface area (Å²) in [5.41, 5.74) is 1.30. The number of thioether (sulfide) groups is 1. The van der Waals surface area contributed by atoms with Crippen molar-refractivity contribution >= 4 is 16.8 Å². The van der Waals surface area contributed by atoms with Gasteiger partial charge in [0, 0.05) is 17.9 Å². The first-order chi connectivity index (χ1) is 8.34. The van der Waals surface area contributed by atoms with Crippen molar-refractivity contribution in [3.05, 3.63) is 36.0 Å². The van der Waals surface area contributed by atoms with Gasteiger partial charge >= 0.3 is 5.95 Å². The molecule has 4 nitrogen and oxygen atoms in total. The highest BCUT2D eigenvalue weighted by atomic mass is 32.2. The fraction of sp³-hybridized carbons (Fsp3) is 0.167. The van der Waals surface area contributed by atoms with Crippen LogP contribution in [0.25, 0.3) is 11.5 Å². The maximum atomic E-state index is 9.73. The van der Waals surface area contributed by atoms with Crippen LogP contribution in [0.2, 0.25) is 0 Å². The molecule has 0 saturated carbocycles. The van der Waals surface area contributed by atoms with Gasteiger partial charge in [-0.25, -0.2) is 4.98 Å². The number of hydrogen-bond donors (Lipinski definition) is 1. The lowest BCUT2D eigenvalue weighted by molar-refractivity contribution is 0.337. The number of aliphatic imine (C=N–C) groups is 1. The number of rotatable bonds is 2. The highest BCUT2D eigenvalue weighted by Crippen LogP contribution is 2.30. The Morgan fingerprint density at radius 1 is 1.24 bits per heavy atom. The van der Waals surface area contributed by atoms with E-state index in [-0.39, 0.29) is 5.95 Å². The van der Waals surface area contributed by atoms with Gasteiger partial charge in [-0.15, -0.1) is 11.8 Å². The molecule has 86 valence electrons. The second-order valence-corrected chi connectivity index (χ2v) is 4.66. The molecular weight excluding hydrogens is 236 g/mol. The molecule has 0 amide bonds. The Kier molecular flexibility index (Phi) is 2.60. The van der Waals surface area contributed by atoms with Gasteiger partial charge in [0.05, 0.1) is 0 Å². The molecule has 17 heavy (non-hydrogen) atoms. The van der Waals surface area contributed by atoms with E-state index in [1.54, 1.807) is 11.8 Å². The van der Waals surface area contributed by atoms with Gasteiger partial charge < -0.3 is 9.52 Å². The van der Waals surface area contributed by atoms with Crippen LogP contribution in [0.1, 0.15) is 5.69 Å². The zero-order valence-electron chi connectivity index (χ0n) is 8.96. The molecule has 0 radical (unpaired) electrons. The first kappa shape index (κ1) is 10.4. The van der Waals surface area contributed by atoms with Crippen molar-refractivity contribution in [1.29, 1.82) is 0 Å². The van der Waals surface area contributed by atoms with E-state index in [4.69, 9.17) is 4.42 Å². The minimum atomic E-state index is -0.156. The van der Waals surface area contributed by atoms with Crippen LogP contribution in [0.4, 0.5) is 0 Å². The lowest BCUT2D eigenvalue weighted by Gasteiger charge is -1.92. The van der Waals surface area contributed by atoms with Crippen molar-refractivity contribution in [3.8, 4) is 17.4 Å². The first-order valence-corrected chi connectivity index (χ1v) is 6.26. The second-order valence-electron chi connectivity index (χ2n) is 3.57. The van der Waals surface area contributed by atoms with Gasteiger partial charge in [-0.05, 0) is 12.1 Å². The van der Waals surface area contributed by atoms with Gasteiger partial charge in [0.1, 0.15) is 5.04 Å². The monoisotopic (exact) mass is 246 g/mol. The summed E-state index contributed by atoms with van der Waals surface area (Å²) < 4.78 is 5.26. The quantitative estimate of drug-likeness (QED) is 0.884. The Morgan fingerprint density at radius 3 is 2.76 bits per heavy atom. The molecule has 2 heterocycles. The number of oxazole rings is 1. The average Bonchev–Trinajstić information content (AvgIpc) is 2.99. The van der Waals surface area contributed by atoms with E-state index in [9.17, 15) is 5.11 Å². The molecule has 0 saturated heterocycles. The fourth-order valence-electron chi connectivity index (χ4n) is 1.63. The Bertz CT molecular complexity index is 563. The van der Waals surface area contributed by atoms with Crippen LogP contribution in [0.3, 0.4) is 0 Å². The Hall–Kier alpha value is -1.75. The summed E-state index contributed by atoms with van der Waals surface area (Å²) in [5.74, 6) is 1.20. The molecule has 0 atom stereocenters. The van der Waals surface area contributed by atoms with Crippen molar-refractivity contribution in [3.63, 3.8) is 0 Å². The van der Waals surface area contributed by atoms with E-state index in [0.29, 0.717) is 11.6 Å². The number of aromatic nitrogens is 1. The van der Waals surface area contributed by atoms with Crippen LogP contribution in [-0.4, -0.2) is 27.4 Å². The van der Waals surface area contributed by atoms with E-state index in [1.165, 1.54) is 0 Å². The van der Waals surface area contributed by atoms with E-state index < -0.39 is 0 Å². The third-order valence-electron chi connectivity index (χ3n) is 2.42. The summed E-state index contributed by atoms with van der Waals surface area (Å²) in [6, 6.07) is 9.50. The van der Waals surface area contributed by atoms with Crippen LogP contribution in [0.5, 0.6) is 5.95 Å². The number of hydrogen-bond acceptors (Lipinski definition) is 5. The normalized spacial score (nSPS) is 14.9. The minimum Gasteiger partial charge on any atom is -0.479 e. The molecule has 1 N–H and O–H groups in total. The Labute approximate surface area is 102 Å². The molecule has 1 aliphatic heterocycles. The summed E-state index contributed by atoms with van der Waals surface area (Å²) in [7, 11) is 0. The molecule has 1 aromatic carbocycles. The molecule has 0 bridgehead atoms. The largest absolute Gasteiger partial charge is 0.479 e. The van der Waals surface area contributed by atoms with Crippen LogP contribution in [0.15, 0.2) is 39.7 Å². The highest BCUT2D eigenvalue weighted by molar-refractivity contribution is 8.14. The van der Waals surface area contributed by atoms with Gasteiger partial charge in [0.25, 0.3) is 0 Å². The van der Waals surface area contributed by atoms with Gasteiger partial charge in [0.15, 0.2) is 5.69 Å². The van der Waals surface area contributed by atoms with Crippen LogP contribution in [-0.2, 0) is 0 Å². The average molecular weight is 246 g/mol. The predicted octanol–water partition coefficient (Wildman–Crippen LogP) is 2.54. The number of nitrogens with zero attached hydrogens (tertiary/aromatic N) is 2. The maximum absolute atomic E-state index is 9.73. The van der Waals surface area contributed by atoms with Crippen molar-refractivity contribution < 1.29 is 9.52 Å². The maximum Gasteiger partial charge on any atom is 0.313 e. The highest BCUT2D eigenvalue weighted by Gasteiger charge is 2.21. The minimum absolute atomic E-state index is 0.156. The Morgan fingerprint density at radius 2 is 2.06 bits per heavy atom. The van der Waals surface area contributed by atoms with Crippen LogP contribution >= 0.6 is 11.8 Å². The SMILES string of the molecule is Oc1oc(-c2ccccc2)nc1C1=NCCS1. The van der Waals surface area contributed by atoms with E-state index in [2.05, 4.69) is 9.98 Å². The van der Waals surface area contributed by atoms with E-state index in [1.807, 2.05) is 30.3 Å². The molecule has 5 heteroatoms. The van der Waals surface area contributed by atoms with Gasteiger partial charge in [-0.2, -0.15) is 0 Å². The topological polar surface area (TPSA) is 58.6 Å². The summed E-state index contributed by atoms with van der Waals surface area (Å²) in [6.45, 7) is 0.771. The summed E-state index contributed by atoms with van der Waals surface area (Å²) in [6.07, 6.45) is 0. The molecule has 0 unspecified atom stereocenters. The summed E-state index contributed by atoms with van der Waals surface area (Å²) in [5, 5.41) is 10.5. The van der Waals surface area contributed by atoms with Crippen molar-refractivity contribution in [1.82, 2.24) is 4.98 Å². The molecule has 1 aromatic heterocycles. The molecule has 0 fully saturated rings. The van der Waals surface area contributed by atoms with Crippen LogP contribution < -0.4 is 0 Å². The van der Waals surface area contributed by atoms with Crippen molar-refractivity contribution in [2.45, 2.75) is 0 Å². The third-order valence-corrected chi connectivity index (χ3v) is 3.40. The third kappa shape index (κ3) is 1.93. The van der Waals surface area contributed by atoms with Crippen LogP contribution in [0, 0.1) is 0 Å².